The Morgan fingerprint density at radius 1 is 1.20 bits per heavy atom. The first-order valence-corrected chi connectivity index (χ1v) is 9.37. The molecule has 1 heterocycles. The average Bonchev–Trinajstić information content (AvgIpc) is 2.69. The summed E-state index contributed by atoms with van der Waals surface area (Å²) >= 11 is 0. The molecule has 1 aromatic carbocycles. The molecular formula is C20H29N3O2. The maximum Gasteiger partial charge on any atom is 0.241 e. The molecule has 0 unspecified atom stereocenters. The summed E-state index contributed by atoms with van der Waals surface area (Å²) < 4.78 is 0. The molecule has 5 nitrogen and oxygen atoms in total. The number of amides is 2. The lowest BCUT2D eigenvalue weighted by atomic mass is 9.87. The Bertz CT molecular complexity index is 638. The number of likely N-dealkylation sites (N-methyl/N-ethyl adjacent to an activating group) is 1. The van der Waals surface area contributed by atoms with Crippen LogP contribution in [-0.4, -0.2) is 42.4 Å². The smallest absolute Gasteiger partial charge is 0.241 e. The number of anilines is 2. The lowest BCUT2D eigenvalue weighted by Gasteiger charge is -2.35. The molecule has 1 atom stereocenters. The van der Waals surface area contributed by atoms with Crippen molar-refractivity contribution in [3.63, 3.8) is 0 Å². The summed E-state index contributed by atoms with van der Waals surface area (Å²) in [6, 6.07) is 7.91. The highest BCUT2D eigenvalue weighted by Gasteiger charge is 2.31. The van der Waals surface area contributed by atoms with E-state index in [-0.39, 0.29) is 17.9 Å². The summed E-state index contributed by atoms with van der Waals surface area (Å²) in [6.07, 6.45) is 5.13. The van der Waals surface area contributed by atoms with Gasteiger partial charge >= 0.3 is 0 Å². The second-order valence-electron chi connectivity index (χ2n) is 7.71. The second kappa shape index (κ2) is 7.56. The highest BCUT2D eigenvalue weighted by Crippen LogP contribution is 2.32. The third-order valence-electron chi connectivity index (χ3n) is 5.62. The summed E-state index contributed by atoms with van der Waals surface area (Å²) in [5.74, 6) is 0.831. The number of rotatable bonds is 3. The van der Waals surface area contributed by atoms with Crippen LogP contribution < -0.4 is 10.2 Å². The predicted octanol–water partition coefficient (Wildman–Crippen LogP) is 3.26. The van der Waals surface area contributed by atoms with Gasteiger partial charge in [-0.25, -0.2) is 0 Å². The monoisotopic (exact) mass is 343 g/mol. The zero-order valence-corrected chi connectivity index (χ0v) is 15.5. The number of hydrogen-bond donors (Lipinski definition) is 1. The average molecular weight is 343 g/mol. The molecule has 0 spiro atoms. The zero-order valence-electron chi connectivity index (χ0n) is 15.5. The third kappa shape index (κ3) is 4.03. The predicted molar refractivity (Wildman–Crippen MR) is 101 cm³/mol. The van der Waals surface area contributed by atoms with Crippen molar-refractivity contribution < 1.29 is 9.59 Å². The number of carbonyl (C=O) groups excluding carboxylic acids is 2. The Balaban J connectivity index is 1.75. The van der Waals surface area contributed by atoms with Gasteiger partial charge in [-0.2, -0.15) is 0 Å². The van der Waals surface area contributed by atoms with Crippen molar-refractivity contribution in [1.29, 1.82) is 0 Å². The van der Waals surface area contributed by atoms with Crippen LogP contribution in [0.25, 0.3) is 0 Å². The molecule has 0 bridgehead atoms. The van der Waals surface area contributed by atoms with Crippen LogP contribution in [-0.2, 0) is 9.59 Å². The molecule has 136 valence electrons. The Labute approximate surface area is 150 Å². The van der Waals surface area contributed by atoms with E-state index in [1.165, 1.54) is 12.8 Å². The number of hydrogen-bond acceptors (Lipinski definition) is 3. The van der Waals surface area contributed by atoms with Crippen LogP contribution in [0.1, 0.15) is 46.0 Å². The molecule has 1 saturated carbocycles. The summed E-state index contributed by atoms with van der Waals surface area (Å²) in [5, 5.41) is 2.91. The zero-order chi connectivity index (χ0) is 18.0. The fraction of sp³-hybridized carbons (Fsp3) is 0.600. The van der Waals surface area contributed by atoms with Gasteiger partial charge in [0.1, 0.15) is 0 Å². The minimum atomic E-state index is -0.143. The Kier molecular flexibility index (Phi) is 5.42. The van der Waals surface area contributed by atoms with Crippen molar-refractivity contribution in [3.8, 4) is 0 Å². The van der Waals surface area contributed by atoms with E-state index in [9.17, 15) is 9.59 Å². The topological polar surface area (TPSA) is 52.7 Å². The van der Waals surface area contributed by atoms with Crippen LogP contribution in [0.15, 0.2) is 24.3 Å². The molecule has 0 saturated heterocycles. The van der Waals surface area contributed by atoms with Gasteiger partial charge in [-0.3, -0.25) is 14.5 Å². The molecule has 1 aromatic rings. The van der Waals surface area contributed by atoms with E-state index < -0.39 is 0 Å². The molecular weight excluding hydrogens is 314 g/mol. The van der Waals surface area contributed by atoms with Gasteiger partial charge in [-0.1, -0.05) is 19.1 Å². The van der Waals surface area contributed by atoms with Gasteiger partial charge in [0.15, 0.2) is 0 Å². The van der Waals surface area contributed by atoms with Gasteiger partial charge in [0, 0.05) is 18.5 Å². The molecule has 1 aliphatic heterocycles. The molecule has 25 heavy (non-hydrogen) atoms. The van der Waals surface area contributed by atoms with E-state index in [4.69, 9.17) is 0 Å². The fourth-order valence-corrected chi connectivity index (χ4v) is 4.07. The molecule has 2 amide bonds. The molecule has 5 heteroatoms. The van der Waals surface area contributed by atoms with Crippen molar-refractivity contribution >= 4 is 23.2 Å². The van der Waals surface area contributed by atoms with E-state index in [0.717, 1.165) is 30.1 Å². The van der Waals surface area contributed by atoms with E-state index in [2.05, 4.69) is 24.2 Å². The van der Waals surface area contributed by atoms with Crippen molar-refractivity contribution in [2.45, 2.75) is 58.0 Å². The van der Waals surface area contributed by atoms with E-state index in [1.807, 2.05) is 31.2 Å². The number of carbonyl (C=O) groups is 2. The van der Waals surface area contributed by atoms with Gasteiger partial charge in [0.2, 0.25) is 11.8 Å². The molecule has 1 aliphatic carbocycles. The Hall–Kier alpha value is -1.88. The number of nitrogens with zero attached hydrogens (tertiary/aromatic N) is 2. The maximum absolute atomic E-state index is 13.1. The fourth-order valence-electron chi connectivity index (χ4n) is 4.07. The summed E-state index contributed by atoms with van der Waals surface area (Å²) in [6.45, 7) is 4.65. The van der Waals surface area contributed by atoms with Crippen molar-refractivity contribution in [3.05, 3.63) is 24.3 Å². The Morgan fingerprint density at radius 2 is 1.88 bits per heavy atom. The normalized spacial score (nSPS) is 26.8. The molecule has 1 fully saturated rings. The largest absolute Gasteiger partial charge is 0.324 e. The molecule has 1 N–H and O–H groups in total. The van der Waals surface area contributed by atoms with Gasteiger partial charge in [-0.15, -0.1) is 0 Å². The quantitative estimate of drug-likeness (QED) is 0.916. The number of benzene rings is 1. The summed E-state index contributed by atoms with van der Waals surface area (Å²) in [7, 11) is 2.05. The minimum Gasteiger partial charge on any atom is -0.324 e. The standard InChI is InChI=1S/C20H29N3O2/c1-14-8-10-16(11-9-14)22(3)13-20(25)23-15(2)12-19(24)21-17-6-4-5-7-18(17)23/h4-7,14-16H,8-13H2,1-3H3,(H,21,24)/t14?,15-,16?/m0/s1. The highest BCUT2D eigenvalue weighted by atomic mass is 16.2. The molecule has 0 aromatic heterocycles. The van der Waals surface area contributed by atoms with Crippen LogP contribution in [0, 0.1) is 5.92 Å². The first kappa shape index (κ1) is 17.9. The van der Waals surface area contributed by atoms with E-state index in [1.54, 1.807) is 4.90 Å². The van der Waals surface area contributed by atoms with E-state index in [0.29, 0.717) is 19.0 Å². The Morgan fingerprint density at radius 3 is 2.60 bits per heavy atom. The highest BCUT2D eigenvalue weighted by molar-refractivity contribution is 6.04. The summed E-state index contributed by atoms with van der Waals surface area (Å²) in [5.41, 5.74) is 1.52. The maximum atomic E-state index is 13.1. The third-order valence-corrected chi connectivity index (χ3v) is 5.62. The number of para-hydroxylation sites is 2. The van der Waals surface area contributed by atoms with Gasteiger partial charge in [0.05, 0.1) is 17.9 Å². The molecule has 2 aliphatic rings. The van der Waals surface area contributed by atoms with Crippen LogP contribution in [0.2, 0.25) is 0 Å². The molecule has 0 radical (unpaired) electrons. The van der Waals surface area contributed by atoms with Gasteiger partial charge in [-0.05, 0) is 57.7 Å². The van der Waals surface area contributed by atoms with Crippen LogP contribution in [0.5, 0.6) is 0 Å². The van der Waals surface area contributed by atoms with Crippen molar-refractivity contribution in [1.82, 2.24) is 4.90 Å². The van der Waals surface area contributed by atoms with Gasteiger partial charge in [0.25, 0.3) is 0 Å². The SMILES string of the molecule is CC1CCC(N(C)CC(=O)N2c3ccccc3NC(=O)C[C@@H]2C)CC1. The van der Waals surface area contributed by atoms with Crippen molar-refractivity contribution in [2.24, 2.45) is 5.92 Å². The second-order valence-corrected chi connectivity index (χ2v) is 7.71. The minimum absolute atomic E-state index is 0.0372. The number of nitrogens with one attached hydrogen (secondary N) is 1. The van der Waals surface area contributed by atoms with Gasteiger partial charge < -0.3 is 10.2 Å². The first-order valence-electron chi connectivity index (χ1n) is 9.37. The van der Waals surface area contributed by atoms with Crippen molar-refractivity contribution in [2.75, 3.05) is 23.8 Å². The number of fused-ring (bicyclic) bond motifs is 1. The lowest BCUT2D eigenvalue weighted by molar-refractivity contribution is -0.120. The molecule has 3 rings (SSSR count). The van der Waals surface area contributed by atoms with Crippen LogP contribution in [0.3, 0.4) is 0 Å². The first-order chi connectivity index (χ1) is 12.0. The lowest BCUT2D eigenvalue weighted by Crippen LogP contribution is -2.47. The van der Waals surface area contributed by atoms with Crippen LogP contribution >= 0.6 is 0 Å². The van der Waals surface area contributed by atoms with Crippen LogP contribution in [0.4, 0.5) is 11.4 Å². The summed E-state index contributed by atoms with van der Waals surface area (Å²) in [4.78, 5) is 29.2. The van der Waals surface area contributed by atoms with E-state index >= 15 is 0 Å².